The van der Waals surface area contributed by atoms with Crippen molar-refractivity contribution >= 4 is 17.7 Å². The number of carbonyl (C=O) groups is 3. The topological polar surface area (TPSA) is 78.5 Å². The Morgan fingerprint density at radius 2 is 1.92 bits per heavy atom. The first-order chi connectivity index (χ1) is 12.5. The number of hydrogen-bond donors (Lipinski definition) is 2. The van der Waals surface area contributed by atoms with Gasteiger partial charge in [0.05, 0.1) is 12.5 Å². The van der Waals surface area contributed by atoms with Crippen LogP contribution in [0.5, 0.6) is 0 Å². The van der Waals surface area contributed by atoms with Crippen LogP contribution in [0.2, 0.25) is 0 Å². The number of carbonyl (C=O) groups excluding carboxylic acids is 3. The second-order valence-corrected chi connectivity index (χ2v) is 6.51. The van der Waals surface area contributed by atoms with E-state index >= 15 is 0 Å². The van der Waals surface area contributed by atoms with Crippen molar-refractivity contribution in [3.05, 3.63) is 35.6 Å². The maximum Gasteiger partial charge on any atom is 0.251 e. The molecule has 1 aliphatic heterocycles. The van der Waals surface area contributed by atoms with Crippen molar-refractivity contribution in [3.63, 3.8) is 0 Å². The average Bonchev–Trinajstić information content (AvgIpc) is 2.66. The van der Waals surface area contributed by atoms with E-state index in [1.807, 2.05) is 0 Å². The molecule has 1 unspecified atom stereocenters. The molecule has 0 saturated carbocycles. The number of halogens is 1. The van der Waals surface area contributed by atoms with E-state index < -0.39 is 11.7 Å². The zero-order chi connectivity index (χ0) is 18.9. The molecule has 142 valence electrons. The largest absolute Gasteiger partial charge is 0.356 e. The summed E-state index contributed by atoms with van der Waals surface area (Å²) in [4.78, 5) is 38.1. The van der Waals surface area contributed by atoms with Gasteiger partial charge in [-0.05, 0) is 43.5 Å². The number of amides is 3. The van der Waals surface area contributed by atoms with Crippen LogP contribution in [-0.4, -0.2) is 48.8 Å². The minimum absolute atomic E-state index is 0.00806. The van der Waals surface area contributed by atoms with Crippen molar-refractivity contribution in [2.45, 2.75) is 32.6 Å². The van der Waals surface area contributed by atoms with Crippen LogP contribution in [-0.2, 0) is 9.59 Å². The van der Waals surface area contributed by atoms with Crippen LogP contribution in [0.1, 0.15) is 43.0 Å². The number of piperidine rings is 1. The Morgan fingerprint density at radius 1 is 1.19 bits per heavy atom. The minimum Gasteiger partial charge on any atom is -0.356 e. The molecule has 7 heteroatoms. The van der Waals surface area contributed by atoms with E-state index in [1.54, 1.807) is 4.90 Å². The van der Waals surface area contributed by atoms with E-state index in [2.05, 4.69) is 17.6 Å². The summed E-state index contributed by atoms with van der Waals surface area (Å²) in [6.07, 6.45) is 3.49. The Morgan fingerprint density at radius 3 is 2.62 bits per heavy atom. The second kappa shape index (κ2) is 9.89. The molecule has 1 saturated heterocycles. The van der Waals surface area contributed by atoms with Gasteiger partial charge in [-0.15, -0.1) is 0 Å². The van der Waals surface area contributed by atoms with Crippen molar-refractivity contribution in [2.24, 2.45) is 5.92 Å². The molecule has 0 aliphatic carbocycles. The van der Waals surface area contributed by atoms with E-state index in [0.717, 1.165) is 25.7 Å². The van der Waals surface area contributed by atoms with Crippen LogP contribution in [0.15, 0.2) is 24.3 Å². The first-order valence-electron chi connectivity index (χ1n) is 9.10. The number of benzene rings is 1. The van der Waals surface area contributed by atoms with E-state index in [-0.39, 0.29) is 24.3 Å². The Labute approximate surface area is 153 Å². The lowest BCUT2D eigenvalue weighted by molar-refractivity contribution is -0.134. The van der Waals surface area contributed by atoms with Crippen LogP contribution in [0.3, 0.4) is 0 Å². The van der Waals surface area contributed by atoms with E-state index in [0.29, 0.717) is 25.2 Å². The summed E-state index contributed by atoms with van der Waals surface area (Å²) >= 11 is 0. The van der Waals surface area contributed by atoms with E-state index in [1.165, 1.54) is 24.3 Å². The van der Waals surface area contributed by atoms with Crippen molar-refractivity contribution in [1.29, 1.82) is 0 Å². The van der Waals surface area contributed by atoms with Gasteiger partial charge in [0.15, 0.2) is 0 Å². The van der Waals surface area contributed by atoms with Crippen molar-refractivity contribution in [1.82, 2.24) is 15.5 Å². The number of hydrogen-bond acceptors (Lipinski definition) is 3. The predicted octanol–water partition coefficient (Wildman–Crippen LogP) is 1.71. The maximum atomic E-state index is 12.9. The number of nitrogens with one attached hydrogen (secondary N) is 2. The minimum atomic E-state index is -0.427. The highest BCUT2D eigenvalue weighted by atomic mass is 19.1. The number of unbranched alkanes of at least 4 members (excludes halogenated alkanes) is 1. The molecule has 3 amide bonds. The van der Waals surface area contributed by atoms with Gasteiger partial charge in [-0.2, -0.15) is 0 Å². The first kappa shape index (κ1) is 19.9. The molecule has 1 atom stereocenters. The molecule has 2 rings (SSSR count). The van der Waals surface area contributed by atoms with Gasteiger partial charge in [0, 0.05) is 25.2 Å². The lowest BCUT2D eigenvalue weighted by Crippen LogP contribution is -2.48. The van der Waals surface area contributed by atoms with Gasteiger partial charge in [-0.1, -0.05) is 13.3 Å². The van der Waals surface area contributed by atoms with Crippen LogP contribution in [0, 0.1) is 11.7 Å². The Balaban J connectivity index is 1.80. The Kier molecular flexibility index (Phi) is 7.56. The molecule has 26 heavy (non-hydrogen) atoms. The average molecular weight is 363 g/mol. The van der Waals surface area contributed by atoms with Crippen molar-refractivity contribution in [2.75, 3.05) is 26.2 Å². The normalized spacial score (nSPS) is 16.8. The smallest absolute Gasteiger partial charge is 0.251 e. The van der Waals surface area contributed by atoms with Gasteiger partial charge >= 0.3 is 0 Å². The zero-order valence-corrected chi connectivity index (χ0v) is 15.1. The van der Waals surface area contributed by atoms with Gasteiger partial charge in [-0.3, -0.25) is 14.4 Å². The lowest BCUT2D eigenvalue weighted by Gasteiger charge is -2.32. The fraction of sp³-hybridized carbons (Fsp3) is 0.526. The molecular formula is C19H26FN3O3. The highest BCUT2D eigenvalue weighted by Gasteiger charge is 2.28. The van der Waals surface area contributed by atoms with Gasteiger partial charge in [-0.25, -0.2) is 4.39 Å². The van der Waals surface area contributed by atoms with Crippen LogP contribution in [0.25, 0.3) is 0 Å². The summed E-state index contributed by atoms with van der Waals surface area (Å²) in [5.74, 6) is -1.27. The number of rotatable bonds is 7. The molecule has 1 fully saturated rings. The van der Waals surface area contributed by atoms with Crippen LogP contribution in [0.4, 0.5) is 4.39 Å². The summed E-state index contributed by atoms with van der Waals surface area (Å²) in [5, 5.41) is 5.46. The van der Waals surface area contributed by atoms with E-state index in [9.17, 15) is 18.8 Å². The third kappa shape index (κ3) is 5.82. The standard InChI is InChI=1S/C19H26FN3O3/c1-2-3-10-21-19(26)15-5-4-11-23(13-15)17(24)12-22-18(25)14-6-8-16(20)9-7-14/h6-9,15H,2-5,10-13H2,1H3,(H,21,26)(H,22,25). The number of nitrogens with zero attached hydrogens (tertiary/aromatic N) is 1. The second-order valence-electron chi connectivity index (χ2n) is 6.51. The first-order valence-corrected chi connectivity index (χ1v) is 9.10. The quantitative estimate of drug-likeness (QED) is 0.724. The summed E-state index contributed by atoms with van der Waals surface area (Å²) in [6.45, 7) is 3.55. The predicted molar refractivity (Wildman–Crippen MR) is 96.0 cm³/mol. The van der Waals surface area contributed by atoms with Crippen molar-refractivity contribution < 1.29 is 18.8 Å². The van der Waals surface area contributed by atoms with Gasteiger partial charge < -0.3 is 15.5 Å². The molecule has 1 aromatic carbocycles. The van der Waals surface area contributed by atoms with E-state index in [4.69, 9.17) is 0 Å². The van der Waals surface area contributed by atoms with Crippen LogP contribution < -0.4 is 10.6 Å². The zero-order valence-electron chi connectivity index (χ0n) is 15.1. The maximum absolute atomic E-state index is 12.9. The molecule has 1 heterocycles. The Bertz CT molecular complexity index is 633. The lowest BCUT2D eigenvalue weighted by atomic mass is 9.97. The monoisotopic (exact) mass is 363 g/mol. The molecule has 0 spiro atoms. The summed E-state index contributed by atoms with van der Waals surface area (Å²) < 4.78 is 12.9. The molecule has 1 aliphatic rings. The fourth-order valence-electron chi connectivity index (χ4n) is 2.92. The van der Waals surface area contributed by atoms with Gasteiger partial charge in [0.25, 0.3) is 5.91 Å². The Hall–Kier alpha value is -2.44. The molecule has 0 radical (unpaired) electrons. The highest BCUT2D eigenvalue weighted by Crippen LogP contribution is 2.16. The summed E-state index contributed by atoms with van der Waals surface area (Å²) in [5.41, 5.74) is 0.297. The third-order valence-corrected chi connectivity index (χ3v) is 4.48. The number of likely N-dealkylation sites (tertiary alicyclic amines) is 1. The van der Waals surface area contributed by atoms with Gasteiger partial charge in [0.2, 0.25) is 11.8 Å². The fourth-order valence-corrected chi connectivity index (χ4v) is 2.92. The summed E-state index contributed by atoms with van der Waals surface area (Å²) in [6, 6.07) is 5.13. The molecule has 0 bridgehead atoms. The third-order valence-electron chi connectivity index (χ3n) is 4.48. The van der Waals surface area contributed by atoms with Crippen molar-refractivity contribution in [3.8, 4) is 0 Å². The molecule has 6 nitrogen and oxygen atoms in total. The molecule has 0 aromatic heterocycles. The van der Waals surface area contributed by atoms with Gasteiger partial charge in [0.1, 0.15) is 5.82 Å². The molecule has 2 N–H and O–H groups in total. The molecular weight excluding hydrogens is 337 g/mol. The van der Waals surface area contributed by atoms with Crippen LogP contribution >= 0.6 is 0 Å². The summed E-state index contributed by atoms with van der Waals surface area (Å²) in [7, 11) is 0. The SMILES string of the molecule is CCCCNC(=O)C1CCCN(C(=O)CNC(=O)c2ccc(F)cc2)C1. The molecule has 1 aromatic rings. The highest BCUT2D eigenvalue weighted by molar-refractivity contribution is 5.96.